The van der Waals surface area contributed by atoms with Crippen LogP contribution in [0.5, 0.6) is 0 Å². The summed E-state index contributed by atoms with van der Waals surface area (Å²) in [5.41, 5.74) is 0.0141. The van der Waals surface area contributed by atoms with Crippen LogP contribution in [0.15, 0.2) is 12.7 Å². The molecule has 0 N–H and O–H groups in total. The van der Waals surface area contributed by atoms with Gasteiger partial charge in [0.2, 0.25) is 0 Å². The summed E-state index contributed by atoms with van der Waals surface area (Å²) in [6.45, 7) is 17.1. The molecule has 0 bridgehead atoms. The van der Waals surface area contributed by atoms with Crippen LogP contribution < -0.4 is 0 Å². The second-order valence-corrected chi connectivity index (χ2v) is 10.3. The van der Waals surface area contributed by atoms with Gasteiger partial charge in [-0.2, -0.15) is 0 Å². The molecule has 0 fully saturated rings. The lowest BCUT2D eigenvalue weighted by molar-refractivity contribution is 0.174. The van der Waals surface area contributed by atoms with Crippen molar-refractivity contribution in [1.82, 2.24) is 4.67 Å². The Bertz CT molecular complexity index is 313. The molecule has 0 aliphatic rings. The molecule has 0 rings (SSSR count). The lowest BCUT2D eigenvalue weighted by Gasteiger charge is -2.38. The maximum Gasteiger partial charge on any atom is 0.277 e. The lowest BCUT2D eigenvalue weighted by atomic mass is 9.99. The van der Waals surface area contributed by atoms with Gasteiger partial charge < -0.3 is 4.52 Å². The van der Waals surface area contributed by atoms with E-state index in [0.29, 0.717) is 13.2 Å². The Balaban J connectivity index is 4.96. The molecule has 0 saturated carbocycles. The Kier molecular flexibility index (Phi) is 6.32. The van der Waals surface area contributed by atoms with Crippen molar-refractivity contribution >= 4 is 7.52 Å². The second kappa shape index (κ2) is 6.36. The van der Waals surface area contributed by atoms with Crippen molar-refractivity contribution in [3.8, 4) is 0 Å². The van der Waals surface area contributed by atoms with E-state index in [1.54, 1.807) is 0 Å². The summed E-state index contributed by atoms with van der Waals surface area (Å²) < 4.78 is 20.9. The van der Waals surface area contributed by atoms with Crippen LogP contribution in [0, 0.1) is 5.41 Å². The van der Waals surface area contributed by atoms with Gasteiger partial charge in [-0.25, -0.2) is 4.67 Å². The molecule has 0 aliphatic carbocycles. The van der Waals surface area contributed by atoms with E-state index in [0.717, 1.165) is 6.42 Å². The first-order valence-corrected chi connectivity index (χ1v) is 8.09. The fraction of sp³-hybridized carbons (Fsp3) is 0.857. The zero-order valence-corrected chi connectivity index (χ0v) is 14.0. The van der Waals surface area contributed by atoms with Crippen molar-refractivity contribution in [2.45, 2.75) is 53.1 Å². The van der Waals surface area contributed by atoms with Gasteiger partial charge in [0.1, 0.15) is 0 Å². The number of nitrogens with zero attached hydrogens (tertiary/aromatic N) is 1. The third-order valence-corrected chi connectivity index (χ3v) is 5.90. The average molecular weight is 275 g/mol. The van der Waals surface area contributed by atoms with Crippen LogP contribution in [0.1, 0.15) is 48.0 Å². The van der Waals surface area contributed by atoms with E-state index in [-0.39, 0.29) is 10.6 Å². The summed E-state index contributed by atoms with van der Waals surface area (Å²) in [4.78, 5) is 0. The van der Waals surface area contributed by atoms with Crippen molar-refractivity contribution in [3.63, 3.8) is 0 Å². The minimum atomic E-state index is -2.83. The van der Waals surface area contributed by atoms with Gasteiger partial charge in [-0.15, -0.1) is 6.58 Å². The van der Waals surface area contributed by atoms with E-state index < -0.39 is 7.52 Å². The number of hydrogen-bond acceptors (Lipinski definition) is 2. The Labute approximate surface area is 113 Å². The Morgan fingerprint density at radius 1 is 1.22 bits per heavy atom. The standard InChI is InChI=1S/C14H30NO2P/c1-9-10-11-15(8)18(16,14(5,6)7)17-12-13(2,3)4/h9H,1,10-12H2,2-8H3. The van der Waals surface area contributed by atoms with E-state index in [4.69, 9.17) is 4.52 Å². The minimum Gasteiger partial charge on any atom is -0.316 e. The molecule has 3 nitrogen and oxygen atoms in total. The van der Waals surface area contributed by atoms with Crippen LogP contribution in [0.2, 0.25) is 0 Å². The molecule has 0 heterocycles. The fourth-order valence-electron chi connectivity index (χ4n) is 1.50. The van der Waals surface area contributed by atoms with Crippen molar-refractivity contribution in [2.75, 3.05) is 20.2 Å². The number of hydrogen-bond donors (Lipinski definition) is 0. The summed E-state index contributed by atoms with van der Waals surface area (Å²) in [5.74, 6) is 0. The van der Waals surface area contributed by atoms with Gasteiger partial charge in [-0.3, -0.25) is 4.57 Å². The van der Waals surface area contributed by atoms with Crippen molar-refractivity contribution in [1.29, 1.82) is 0 Å². The molecule has 1 unspecified atom stereocenters. The van der Waals surface area contributed by atoms with Crippen LogP contribution >= 0.6 is 7.52 Å². The molecule has 0 radical (unpaired) electrons. The van der Waals surface area contributed by atoms with Crippen molar-refractivity contribution in [3.05, 3.63) is 12.7 Å². The third kappa shape index (κ3) is 5.26. The first kappa shape index (κ1) is 17.9. The molecular formula is C14H30NO2P. The normalized spacial score (nSPS) is 16.7. The smallest absolute Gasteiger partial charge is 0.277 e. The molecule has 0 aromatic carbocycles. The average Bonchev–Trinajstić information content (AvgIpc) is 2.19. The summed E-state index contributed by atoms with van der Waals surface area (Å²) in [5, 5.41) is -0.381. The molecule has 0 spiro atoms. The van der Waals surface area contributed by atoms with E-state index in [1.165, 1.54) is 0 Å². The quantitative estimate of drug-likeness (QED) is 0.526. The molecule has 108 valence electrons. The molecule has 18 heavy (non-hydrogen) atoms. The van der Waals surface area contributed by atoms with Crippen LogP contribution in [-0.2, 0) is 9.09 Å². The van der Waals surface area contributed by atoms with Gasteiger partial charge in [-0.05, 0) is 39.7 Å². The molecule has 0 aliphatic heterocycles. The van der Waals surface area contributed by atoms with Gasteiger partial charge >= 0.3 is 0 Å². The first-order chi connectivity index (χ1) is 7.94. The SMILES string of the molecule is C=CCCN(C)P(=O)(OCC(C)(C)C)C(C)(C)C. The molecule has 0 aromatic heterocycles. The molecule has 0 aromatic rings. The molecular weight excluding hydrogens is 245 g/mol. The van der Waals surface area contributed by atoms with Gasteiger partial charge in [0, 0.05) is 6.54 Å². The topological polar surface area (TPSA) is 29.5 Å². The Morgan fingerprint density at radius 2 is 1.72 bits per heavy atom. The monoisotopic (exact) mass is 275 g/mol. The van der Waals surface area contributed by atoms with Crippen LogP contribution in [0.3, 0.4) is 0 Å². The van der Waals surface area contributed by atoms with Gasteiger partial charge in [-0.1, -0.05) is 26.8 Å². The maximum atomic E-state index is 13.2. The maximum absolute atomic E-state index is 13.2. The second-order valence-electron chi connectivity index (χ2n) is 6.98. The predicted octanol–water partition coefficient (Wildman–Crippen LogP) is 4.55. The highest BCUT2D eigenvalue weighted by Crippen LogP contribution is 2.61. The summed E-state index contributed by atoms with van der Waals surface area (Å²) in [7, 11) is -0.962. The Hall–Kier alpha value is -0.110. The van der Waals surface area contributed by atoms with E-state index in [9.17, 15) is 4.57 Å². The summed E-state index contributed by atoms with van der Waals surface area (Å²) in [6, 6.07) is 0. The molecule has 4 heteroatoms. The van der Waals surface area contributed by atoms with E-state index in [2.05, 4.69) is 27.4 Å². The zero-order chi connectivity index (χ0) is 14.6. The van der Waals surface area contributed by atoms with Crippen molar-refractivity contribution in [2.24, 2.45) is 5.41 Å². The van der Waals surface area contributed by atoms with Gasteiger partial charge in [0.05, 0.1) is 11.8 Å². The van der Waals surface area contributed by atoms with Crippen molar-refractivity contribution < 1.29 is 9.09 Å². The first-order valence-electron chi connectivity index (χ1n) is 6.51. The molecule has 1 atom stereocenters. The zero-order valence-electron chi connectivity index (χ0n) is 13.1. The van der Waals surface area contributed by atoms with E-state index >= 15 is 0 Å². The highest BCUT2D eigenvalue weighted by atomic mass is 31.2. The predicted molar refractivity (Wildman–Crippen MR) is 80.2 cm³/mol. The fourth-order valence-corrected chi connectivity index (χ4v) is 4.04. The van der Waals surface area contributed by atoms with Crippen LogP contribution in [0.25, 0.3) is 0 Å². The lowest BCUT2D eigenvalue weighted by Crippen LogP contribution is -2.31. The largest absolute Gasteiger partial charge is 0.316 e. The Morgan fingerprint density at radius 3 is 2.06 bits per heavy atom. The highest BCUT2D eigenvalue weighted by molar-refractivity contribution is 7.58. The minimum absolute atomic E-state index is 0.0141. The molecule has 0 saturated heterocycles. The van der Waals surface area contributed by atoms with Gasteiger partial charge in [0.15, 0.2) is 0 Å². The van der Waals surface area contributed by atoms with E-state index in [1.807, 2.05) is 38.6 Å². The number of rotatable bonds is 6. The van der Waals surface area contributed by atoms with Gasteiger partial charge in [0.25, 0.3) is 7.52 Å². The third-order valence-electron chi connectivity index (χ3n) is 2.63. The van der Waals surface area contributed by atoms with Crippen LogP contribution in [0.4, 0.5) is 0 Å². The highest BCUT2D eigenvalue weighted by Gasteiger charge is 2.42. The van der Waals surface area contributed by atoms with Crippen LogP contribution in [-0.4, -0.2) is 30.0 Å². The molecule has 0 amide bonds. The summed E-state index contributed by atoms with van der Waals surface area (Å²) in [6.07, 6.45) is 2.66. The summed E-state index contributed by atoms with van der Waals surface area (Å²) >= 11 is 0.